The molecule has 0 bridgehead atoms. The highest BCUT2D eigenvalue weighted by molar-refractivity contribution is 5.93. The van der Waals surface area contributed by atoms with Gasteiger partial charge in [-0.05, 0) is 64.3 Å². The van der Waals surface area contributed by atoms with Gasteiger partial charge in [-0.2, -0.15) is 0 Å². The summed E-state index contributed by atoms with van der Waals surface area (Å²) in [4.78, 5) is 28.5. The summed E-state index contributed by atoms with van der Waals surface area (Å²) in [5, 5.41) is 0. The first-order valence-electron chi connectivity index (χ1n) is 10.3. The first kappa shape index (κ1) is 24.1. The number of carbonyl (C=O) groups excluding carboxylic acids is 2. The molecule has 0 amide bonds. The van der Waals surface area contributed by atoms with E-state index in [1.807, 2.05) is 14.1 Å². The molecule has 0 unspecified atom stereocenters. The Hall–Kier alpha value is -1.92. The van der Waals surface area contributed by atoms with Crippen LogP contribution >= 0.6 is 0 Å². The van der Waals surface area contributed by atoms with Crippen molar-refractivity contribution in [3.63, 3.8) is 0 Å². The first-order valence-corrected chi connectivity index (χ1v) is 10.3. The maximum atomic E-state index is 12.1. The molecule has 28 heavy (non-hydrogen) atoms. The van der Waals surface area contributed by atoms with Crippen molar-refractivity contribution in [2.24, 2.45) is 0 Å². The Morgan fingerprint density at radius 3 is 1.39 bits per heavy atom. The minimum Gasteiger partial charge on any atom is -0.461 e. The van der Waals surface area contributed by atoms with E-state index in [0.717, 1.165) is 38.8 Å². The Balaban J connectivity index is 2.35. The molecule has 1 rings (SSSR count). The van der Waals surface area contributed by atoms with Crippen molar-refractivity contribution in [1.82, 2.24) is 9.80 Å². The van der Waals surface area contributed by atoms with Gasteiger partial charge in [0.15, 0.2) is 0 Å². The van der Waals surface area contributed by atoms with Gasteiger partial charge < -0.3 is 19.3 Å². The lowest BCUT2D eigenvalue weighted by Crippen LogP contribution is -2.25. The average molecular weight is 393 g/mol. The number of unbranched alkanes of at least 4 members (excludes halogenated alkanes) is 2. The van der Waals surface area contributed by atoms with Crippen molar-refractivity contribution in [3.8, 4) is 0 Å². The summed E-state index contributed by atoms with van der Waals surface area (Å²) in [6.45, 7) is 8.44. The zero-order valence-electron chi connectivity index (χ0n) is 17.9. The normalized spacial score (nSPS) is 11.1. The SMILES string of the molecule is CCCCN(C)CCOC(=O)c1ccc(C(=O)OCCN(C)CCCC)cc1. The number of rotatable bonds is 14. The lowest BCUT2D eigenvalue weighted by atomic mass is 10.1. The highest BCUT2D eigenvalue weighted by atomic mass is 16.5. The van der Waals surface area contributed by atoms with Crippen LogP contribution in [0.1, 0.15) is 60.2 Å². The summed E-state index contributed by atoms with van der Waals surface area (Å²) >= 11 is 0. The first-order chi connectivity index (χ1) is 13.5. The number of benzene rings is 1. The third-order valence-corrected chi connectivity index (χ3v) is 4.56. The van der Waals surface area contributed by atoms with Crippen LogP contribution in [0.4, 0.5) is 0 Å². The average Bonchev–Trinajstić information content (AvgIpc) is 2.70. The number of likely N-dealkylation sites (N-methyl/N-ethyl adjacent to an activating group) is 2. The molecule has 158 valence electrons. The number of nitrogens with zero attached hydrogens (tertiary/aromatic N) is 2. The van der Waals surface area contributed by atoms with Crippen LogP contribution in [0.2, 0.25) is 0 Å². The zero-order chi connectivity index (χ0) is 20.8. The molecule has 1 aromatic rings. The fraction of sp³-hybridized carbons (Fsp3) is 0.636. The van der Waals surface area contributed by atoms with Crippen LogP contribution in [-0.2, 0) is 9.47 Å². The second kappa shape index (κ2) is 14.1. The summed E-state index contributed by atoms with van der Waals surface area (Å²) in [5.74, 6) is -0.747. The molecule has 0 aliphatic carbocycles. The van der Waals surface area contributed by atoms with Gasteiger partial charge in [0, 0.05) is 13.1 Å². The third-order valence-electron chi connectivity index (χ3n) is 4.56. The molecule has 0 N–H and O–H groups in total. The largest absolute Gasteiger partial charge is 0.461 e. The molecule has 0 saturated carbocycles. The number of ether oxygens (including phenoxy) is 2. The van der Waals surface area contributed by atoms with Gasteiger partial charge in [0.25, 0.3) is 0 Å². The van der Waals surface area contributed by atoms with E-state index >= 15 is 0 Å². The maximum Gasteiger partial charge on any atom is 0.338 e. The van der Waals surface area contributed by atoms with Crippen LogP contribution in [0.3, 0.4) is 0 Å². The van der Waals surface area contributed by atoms with Crippen molar-refractivity contribution in [2.45, 2.75) is 39.5 Å². The van der Waals surface area contributed by atoms with Gasteiger partial charge in [-0.15, -0.1) is 0 Å². The third kappa shape index (κ3) is 9.85. The Labute approximate surface area is 169 Å². The van der Waals surface area contributed by atoms with Crippen molar-refractivity contribution in [2.75, 3.05) is 53.5 Å². The van der Waals surface area contributed by atoms with Gasteiger partial charge in [0.2, 0.25) is 0 Å². The van der Waals surface area contributed by atoms with Crippen molar-refractivity contribution >= 4 is 11.9 Å². The van der Waals surface area contributed by atoms with Crippen LogP contribution in [-0.4, -0.2) is 75.2 Å². The number of hydrogen-bond acceptors (Lipinski definition) is 6. The Morgan fingerprint density at radius 2 is 1.07 bits per heavy atom. The number of esters is 2. The van der Waals surface area contributed by atoms with Gasteiger partial charge in [0.1, 0.15) is 13.2 Å². The van der Waals surface area contributed by atoms with Crippen LogP contribution in [0.5, 0.6) is 0 Å². The lowest BCUT2D eigenvalue weighted by Gasteiger charge is -2.16. The molecule has 0 aliphatic rings. The molecular weight excluding hydrogens is 356 g/mol. The quantitative estimate of drug-likeness (QED) is 0.452. The van der Waals surface area contributed by atoms with Gasteiger partial charge in [-0.25, -0.2) is 9.59 Å². The monoisotopic (exact) mass is 392 g/mol. The molecule has 0 aromatic heterocycles. The van der Waals surface area contributed by atoms with E-state index in [1.165, 1.54) is 0 Å². The van der Waals surface area contributed by atoms with E-state index in [0.29, 0.717) is 37.4 Å². The zero-order valence-corrected chi connectivity index (χ0v) is 17.9. The minimum atomic E-state index is -0.374. The molecule has 6 heteroatoms. The van der Waals surface area contributed by atoms with E-state index in [1.54, 1.807) is 24.3 Å². The number of hydrogen-bond donors (Lipinski definition) is 0. The summed E-state index contributed by atoms with van der Waals surface area (Å²) in [5.41, 5.74) is 0.874. The second-order valence-electron chi connectivity index (χ2n) is 7.16. The summed E-state index contributed by atoms with van der Waals surface area (Å²) in [7, 11) is 4.04. The Morgan fingerprint density at radius 1 is 0.714 bits per heavy atom. The molecule has 0 fully saturated rings. The van der Waals surface area contributed by atoms with Gasteiger partial charge in [0.05, 0.1) is 11.1 Å². The predicted octanol–water partition coefficient (Wildman–Crippen LogP) is 3.46. The van der Waals surface area contributed by atoms with Crippen molar-refractivity contribution in [1.29, 1.82) is 0 Å². The highest BCUT2D eigenvalue weighted by Crippen LogP contribution is 2.08. The lowest BCUT2D eigenvalue weighted by molar-refractivity contribution is 0.0458. The van der Waals surface area contributed by atoms with E-state index in [4.69, 9.17) is 9.47 Å². The van der Waals surface area contributed by atoms with Crippen LogP contribution < -0.4 is 0 Å². The molecule has 0 saturated heterocycles. The smallest absolute Gasteiger partial charge is 0.338 e. The molecule has 0 radical (unpaired) electrons. The Kier molecular flexibility index (Phi) is 12.2. The minimum absolute atomic E-state index is 0.356. The standard InChI is InChI=1S/C22H36N2O4/c1-5-7-13-23(3)15-17-27-21(25)19-9-11-20(12-10-19)22(26)28-18-16-24(4)14-8-6-2/h9-12H,5-8,13-18H2,1-4H3. The molecule has 6 nitrogen and oxygen atoms in total. The summed E-state index contributed by atoms with van der Waals surface area (Å²) in [6.07, 6.45) is 4.57. The van der Waals surface area contributed by atoms with Crippen LogP contribution in [0.25, 0.3) is 0 Å². The van der Waals surface area contributed by atoms with E-state index in [-0.39, 0.29) is 11.9 Å². The van der Waals surface area contributed by atoms with Crippen molar-refractivity contribution in [3.05, 3.63) is 35.4 Å². The van der Waals surface area contributed by atoms with E-state index in [2.05, 4.69) is 23.6 Å². The fourth-order valence-corrected chi connectivity index (χ4v) is 2.58. The van der Waals surface area contributed by atoms with Crippen LogP contribution in [0, 0.1) is 0 Å². The summed E-state index contributed by atoms with van der Waals surface area (Å²) in [6, 6.07) is 6.42. The summed E-state index contributed by atoms with van der Waals surface area (Å²) < 4.78 is 10.6. The maximum absolute atomic E-state index is 12.1. The van der Waals surface area contributed by atoms with Gasteiger partial charge >= 0.3 is 11.9 Å². The second-order valence-corrected chi connectivity index (χ2v) is 7.16. The molecule has 0 aliphatic heterocycles. The Bertz CT molecular complexity index is 523. The highest BCUT2D eigenvalue weighted by Gasteiger charge is 2.11. The number of carbonyl (C=O) groups is 2. The molecule has 1 aromatic carbocycles. The van der Waals surface area contributed by atoms with E-state index in [9.17, 15) is 9.59 Å². The molecule has 0 spiro atoms. The van der Waals surface area contributed by atoms with Crippen molar-refractivity contribution < 1.29 is 19.1 Å². The fourth-order valence-electron chi connectivity index (χ4n) is 2.58. The van der Waals surface area contributed by atoms with Crippen LogP contribution in [0.15, 0.2) is 24.3 Å². The predicted molar refractivity (Wildman–Crippen MR) is 112 cm³/mol. The molecule has 0 heterocycles. The molecular formula is C22H36N2O4. The molecule has 0 atom stereocenters. The van der Waals surface area contributed by atoms with Gasteiger partial charge in [-0.1, -0.05) is 26.7 Å². The topological polar surface area (TPSA) is 59.1 Å². The van der Waals surface area contributed by atoms with E-state index < -0.39 is 0 Å². The van der Waals surface area contributed by atoms with Gasteiger partial charge in [-0.3, -0.25) is 0 Å².